The summed E-state index contributed by atoms with van der Waals surface area (Å²) in [7, 11) is 5.97. The molecular formula is C21H22ClNO6. The normalized spacial score (nSPS) is 14.7. The van der Waals surface area contributed by atoms with Gasteiger partial charge >= 0.3 is 0 Å². The molecule has 0 aromatic heterocycles. The fourth-order valence-electron chi connectivity index (χ4n) is 3.79. The van der Waals surface area contributed by atoms with E-state index < -0.39 is 6.04 Å². The maximum absolute atomic E-state index is 12.6. The Bertz CT molecular complexity index is 1010. The summed E-state index contributed by atoms with van der Waals surface area (Å²) in [4.78, 5) is 23.8. The molecule has 1 aliphatic carbocycles. The SMILES string of the molecule is COc1c(Cl)c2c(c(OC)c1OC)-c1ccc(OC)c(=O)cc1[C@@H](NC=O)CC2. The van der Waals surface area contributed by atoms with Gasteiger partial charge < -0.3 is 24.3 Å². The highest BCUT2D eigenvalue weighted by atomic mass is 35.5. The van der Waals surface area contributed by atoms with Crippen LogP contribution in [-0.2, 0) is 11.2 Å². The van der Waals surface area contributed by atoms with E-state index in [1.165, 1.54) is 34.5 Å². The van der Waals surface area contributed by atoms with Gasteiger partial charge in [-0.1, -0.05) is 17.7 Å². The monoisotopic (exact) mass is 419 g/mol. The molecule has 0 aliphatic heterocycles. The quantitative estimate of drug-likeness (QED) is 0.724. The van der Waals surface area contributed by atoms with Gasteiger partial charge in [0, 0.05) is 5.56 Å². The second kappa shape index (κ2) is 8.61. The highest BCUT2D eigenvalue weighted by Crippen LogP contribution is 2.54. The lowest BCUT2D eigenvalue weighted by molar-refractivity contribution is -0.110. The van der Waals surface area contributed by atoms with Gasteiger partial charge in [0.1, 0.15) is 0 Å². The van der Waals surface area contributed by atoms with Crippen molar-refractivity contribution in [2.75, 3.05) is 28.4 Å². The fraction of sp³-hybridized carbons (Fsp3) is 0.333. The molecule has 8 heteroatoms. The molecule has 0 bridgehead atoms. The largest absolute Gasteiger partial charge is 0.493 e. The average molecular weight is 420 g/mol. The van der Waals surface area contributed by atoms with Crippen LogP contribution in [0.1, 0.15) is 23.6 Å². The van der Waals surface area contributed by atoms with Crippen LogP contribution in [0.5, 0.6) is 23.0 Å². The number of carbonyl (C=O) groups excluding carboxylic acids is 1. The van der Waals surface area contributed by atoms with E-state index in [4.69, 9.17) is 30.5 Å². The van der Waals surface area contributed by atoms with Gasteiger partial charge in [0.15, 0.2) is 17.2 Å². The molecule has 0 fully saturated rings. The lowest BCUT2D eigenvalue weighted by atomic mass is 9.95. The number of ether oxygens (including phenoxy) is 4. The molecule has 1 atom stereocenters. The van der Waals surface area contributed by atoms with Crippen LogP contribution in [0.4, 0.5) is 0 Å². The van der Waals surface area contributed by atoms with Crippen molar-refractivity contribution in [3.05, 3.63) is 44.6 Å². The number of carbonyl (C=O) groups is 1. The molecule has 154 valence electrons. The maximum Gasteiger partial charge on any atom is 0.220 e. The van der Waals surface area contributed by atoms with Crippen LogP contribution < -0.4 is 29.7 Å². The summed E-state index contributed by atoms with van der Waals surface area (Å²) in [5.74, 6) is 1.35. The molecule has 1 aliphatic rings. The van der Waals surface area contributed by atoms with Crippen molar-refractivity contribution >= 4 is 18.0 Å². The zero-order valence-electron chi connectivity index (χ0n) is 16.6. The molecule has 0 radical (unpaired) electrons. The predicted molar refractivity (Wildman–Crippen MR) is 110 cm³/mol. The maximum atomic E-state index is 12.6. The first-order valence-electron chi connectivity index (χ1n) is 8.94. The highest BCUT2D eigenvalue weighted by molar-refractivity contribution is 6.34. The summed E-state index contributed by atoms with van der Waals surface area (Å²) in [6.45, 7) is 0. The topological polar surface area (TPSA) is 83.1 Å². The van der Waals surface area contributed by atoms with Gasteiger partial charge in [-0.25, -0.2) is 0 Å². The van der Waals surface area contributed by atoms with Crippen molar-refractivity contribution in [3.8, 4) is 34.1 Å². The van der Waals surface area contributed by atoms with E-state index in [0.29, 0.717) is 58.2 Å². The molecule has 2 aromatic rings. The molecule has 29 heavy (non-hydrogen) atoms. The Kier molecular flexibility index (Phi) is 6.17. The van der Waals surface area contributed by atoms with Crippen LogP contribution in [0.3, 0.4) is 0 Å². The van der Waals surface area contributed by atoms with Gasteiger partial charge in [-0.15, -0.1) is 0 Å². The Morgan fingerprint density at radius 3 is 2.31 bits per heavy atom. The number of halogens is 1. The second-order valence-corrected chi connectivity index (χ2v) is 6.80. The Balaban J connectivity index is 2.49. The number of benzene rings is 1. The molecular weight excluding hydrogens is 398 g/mol. The van der Waals surface area contributed by atoms with E-state index >= 15 is 0 Å². The minimum atomic E-state index is -0.391. The van der Waals surface area contributed by atoms with Gasteiger partial charge in [-0.05, 0) is 41.7 Å². The van der Waals surface area contributed by atoms with E-state index in [1.807, 2.05) is 0 Å². The number of nitrogens with one attached hydrogen (secondary N) is 1. The summed E-state index contributed by atoms with van der Waals surface area (Å²) in [5, 5.41) is 3.20. The third kappa shape index (κ3) is 3.46. The Morgan fingerprint density at radius 1 is 1.03 bits per heavy atom. The minimum Gasteiger partial charge on any atom is -0.493 e. The molecule has 0 saturated carbocycles. The molecule has 1 amide bonds. The first-order chi connectivity index (χ1) is 14.0. The predicted octanol–water partition coefficient (Wildman–Crippen LogP) is 3.13. The van der Waals surface area contributed by atoms with Crippen LogP contribution in [-0.4, -0.2) is 34.8 Å². The third-order valence-electron chi connectivity index (χ3n) is 5.08. The standard InChI is InChI=1S/C21H22ClNO6/c1-26-16-8-6-11-13(9-15(16)25)14(23-10-24)7-5-12-17(11)19(27-2)21(29-4)20(28-3)18(12)22/h6,8-10,14H,5,7H2,1-4H3,(H,23,24)/t14-/m0/s1. The van der Waals surface area contributed by atoms with Crippen molar-refractivity contribution in [1.29, 1.82) is 0 Å². The summed E-state index contributed by atoms with van der Waals surface area (Å²) < 4.78 is 21.9. The molecule has 0 spiro atoms. The van der Waals surface area contributed by atoms with Crippen molar-refractivity contribution in [2.24, 2.45) is 0 Å². The lowest BCUT2D eigenvalue weighted by Gasteiger charge is -2.21. The Morgan fingerprint density at radius 2 is 1.72 bits per heavy atom. The molecule has 1 N–H and O–H groups in total. The molecule has 0 unspecified atom stereocenters. The van der Waals surface area contributed by atoms with E-state index in [2.05, 4.69) is 5.32 Å². The Labute approximate surface area is 173 Å². The van der Waals surface area contributed by atoms with Crippen LogP contribution in [0, 0.1) is 0 Å². The van der Waals surface area contributed by atoms with Crippen molar-refractivity contribution in [1.82, 2.24) is 5.32 Å². The van der Waals surface area contributed by atoms with Crippen molar-refractivity contribution in [2.45, 2.75) is 18.9 Å². The number of hydrogen-bond acceptors (Lipinski definition) is 6. The first-order valence-corrected chi connectivity index (χ1v) is 9.32. The number of amides is 1. The number of fused-ring (bicyclic) bond motifs is 3. The Hall–Kier alpha value is -2.93. The van der Waals surface area contributed by atoms with Crippen LogP contribution >= 0.6 is 11.6 Å². The molecule has 7 nitrogen and oxygen atoms in total. The number of hydrogen-bond donors (Lipinski definition) is 1. The van der Waals surface area contributed by atoms with E-state index in [9.17, 15) is 9.59 Å². The van der Waals surface area contributed by atoms with E-state index in [1.54, 1.807) is 12.1 Å². The van der Waals surface area contributed by atoms with Crippen LogP contribution in [0.2, 0.25) is 5.02 Å². The summed E-state index contributed by atoms with van der Waals surface area (Å²) >= 11 is 6.69. The highest BCUT2D eigenvalue weighted by Gasteiger charge is 2.31. The van der Waals surface area contributed by atoms with E-state index in [-0.39, 0.29) is 11.2 Å². The number of rotatable bonds is 6. The van der Waals surface area contributed by atoms with Gasteiger partial charge in [0.05, 0.1) is 39.5 Å². The molecule has 3 rings (SSSR count). The molecule has 2 aromatic carbocycles. The number of methoxy groups -OCH3 is 4. The van der Waals surface area contributed by atoms with Gasteiger partial charge in [0.25, 0.3) is 0 Å². The second-order valence-electron chi connectivity index (χ2n) is 6.42. The fourth-order valence-corrected chi connectivity index (χ4v) is 4.15. The first kappa shape index (κ1) is 20.8. The van der Waals surface area contributed by atoms with Crippen LogP contribution in [0.15, 0.2) is 23.0 Å². The summed E-state index contributed by atoms with van der Waals surface area (Å²) in [6, 6.07) is 4.45. The minimum absolute atomic E-state index is 0.190. The van der Waals surface area contributed by atoms with Gasteiger partial charge in [-0.2, -0.15) is 0 Å². The van der Waals surface area contributed by atoms with E-state index in [0.717, 1.165) is 5.56 Å². The van der Waals surface area contributed by atoms with Crippen LogP contribution in [0.25, 0.3) is 11.1 Å². The average Bonchev–Trinajstić information content (AvgIpc) is 2.97. The zero-order chi connectivity index (χ0) is 21.1. The summed E-state index contributed by atoms with van der Waals surface area (Å²) in [5.41, 5.74) is 2.52. The smallest absolute Gasteiger partial charge is 0.220 e. The summed E-state index contributed by atoms with van der Waals surface area (Å²) in [6.07, 6.45) is 1.68. The zero-order valence-corrected chi connectivity index (χ0v) is 17.4. The van der Waals surface area contributed by atoms with Crippen molar-refractivity contribution in [3.63, 3.8) is 0 Å². The van der Waals surface area contributed by atoms with Crippen molar-refractivity contribution < 1.29 is 23.7 Å². The van der Waals surface area contributed by atoms with Gasteiger partial charge in [0.2, 0.25) is 17.6 Å². The lowest BCUT2D eigenvalue weighted by Crippen LogP contribution is -2.20. The third-order valence-corrected chi connectivity index (χ3v) is 5.48. The molecule has 0 heterocycles. The molecule has 0 saturated heterocycles. The van der Waals surface area contributed by atoms with Gasteiger partial charge in [-0.3, -0.25) is 9.59 Å².